The Balaban J connectivity index is 1.85. The molecule has 19 nitrogen and oxygen atoms in total. The third kappa shape index (κ3) is 15.5. The summed E-state index contributed by atoms with van der Waals surface area (Å²) in [4.78, 5) is 114. The number of rotatable bonds is 14. The second kappa shape index (κ2) is 24.6. The van der Waals surface area contributed by atoms with Crippen molar-refractivity contribution in [2.24, 2.45) is 23.5 Å². The van der Waals surface area contributed by atoms with Crippen LogP contribution in [0.15, 0.2) is 54.6 Å². The van der Waals surface area contributed by atoms with E-state index in [1.54, 1.807) is 44.7 Å². The summed E-state index contributed by atoms with van der Waals surface area (Å²) in [6.07, 6.45) is -2.40. The van der Waals surface area contributed by atoms with Crippen molar-refractivity contribution in [3.8, 4) is 5.75 Å². The molecule has 2 saturated heterocycles. The number of nitrogens with zero attached hydrogens (tertiary/aromatic N) is 2. The summed E-state index contributed by atoms with van der Waals surface area (Å²) in [5.41, 5.74) is 6.73. The van der Waals surface area contributed by atoms with E-state index in [1.807, 2.05) is 44.2 Å². The van der Waals surface area contributed by atoms with Crippen LogP contribution in [0.3, 0.4) is 0 Å². The number of esters is 1. The van der Waals surface area contributed by atoms with Crippen LogP contribution in [0.2, 0.25) is 0 Å². The molecule has 1 unspecified atom stereocenters. The maximum absolute atomic E-state index is 15.0. The molecule has 2 heterocycles. The zero-order valence-electron chi connectivity index (χ0n) is 39.8. The summed E-state index contributed by atoms with van der Waals surface area (Å²) >= 11 is 0. The van der Waals surface area contributed by atoms with E-state index in [1.165, 1.54) is 31.0 Å². The van der Waals surface area contributed by atoms with Gasteiger partial charge in [-0.25, -0.2) is 4.79 Å². The molecule has 4 rings (SSSR count). The number of cyclic esters (lactones) is 1. The Morgan fingerprint density at radius 1 is 0.821 bits per heavy atom. The molecule has 2 aliphatic rings. The molecule has 67 heavy (non-hydrogen) atoms. The van der Waals surface area contributed by atoms with Crippen molar-refractivity contribution in [1.82, 2.24) is 36.4 Å². The number of phenols is 1. The number of hydrogen-bond donors (Lipinski definition) is 8. The highest BCUT2D eigenvalue weighted by Crippen LogP contribution is 2.25. The molecule has 2 aromatic rings. The quantitative estimate of drug-likeness (QED) is 0.122. The average Bonchev–Trinajstić information content (AvgIpc) is 3.26. The van der Waals surface area contributed by atoms with Gasteiger partial charge in [0.2, 0.25) is 41.4 Å². The highest BCUT2D eigenvalue weighted by molar-refractivity contribution is 5.96. The number of aromatic hydroxyl groups is 1. The number of carbonyl (C=O) groups excluding carboxylic acids is 8. The number of fused-ring (bicyclic) bond motifs is 2. The number of aliphatic hydroxyl groups is 1. The maximum Gasteiger partial charge on any atom is 0.329 e. The van der Waals surface area contributed by atoms with Crippen LogP contribution in [-0.2, 0) is 55.9 Å². The zero-order chi connectivity index (χ0) is 49.7. The third-order valence-corrected chi connectivity index (χ3v) is 12.1. The Morgan fingerprint density at radius 3 is 2.04 bits per heavy atom. The van der Waals surface area contributed by atoms with Crippen molar-refractivity contribution in [1.29, 1.82) is 0 Å². The van der Waals surface area contributed by atoms with E-state index in [0.717, 1.165) is 5.56 Å². The van der Waals surface area contributed by atoms with E-state index in [9.17, 15) is 43.8 Å². The van der Waals surface area contributed by atoms with Crippen LogP contribution in [0.5, 0.6) is 5.75 Å². The number of phenolic OH excluding ortho intramolecular Hbond substituents is 1. The van der Waals surface area contributed by atoms with Crippen molar-refractivity contribution in [3.05, 3.63) is 65.7 Å². The molecule has 0 aliphatic carbocycles. The summed E-state index contributed by atoms with van der Waals surface area (Å²) in [5.74, 6) is -7.21. The van der Waals surface area contributed by atoms with E-state index in [-0.39, 0.29) is 56.7 Å². The first-order valence-electron chi connectivity index (χ1n) is 23.1. The van der Waals surface area contributed by atoms with Crippen LogP contribution in [0.25, 0.3) is 0 Å². The second-order valence-electron chi connectivity index (χ2n) is 18.8. The summed E-state index contributed by atoms with van der Waals surface area (Å²) in [6.45, 7) is 11.6. The minimum absolute atomic E-state index is 0.0151. The molecule has 7 amide bonds. The number of ether oxygens (including phenoxy) is 1. The lowest BCUT2D eigenvalue weighted by molar-refractivity contribution is -0.158. The average molecular weight is 935 g/mol. The fourth-order valence-corrected chi connectivity index (χ4v) is 8.15. The van der Waals surface area contributed by atoms with E-state index in [2.05, 4.69) is 26.6 Å². The number of nitrogens with two attached hydrogens (primary N) is 1. The predicted octanol–water partition coefficient (Wildman–Crippen LogP) is 0.780. The monoisotopic (exact) mass is 935 g/mol. The van der Waals surface area contributed by atoms with Gasteiger partial charge < -0.3 is 52.2 Å². The second-order valence-corrected chi connectivity index (χ2v) is 18.8. The van der Waals surface area contributed by atoms with Crippen LogP contribution in [0.1, 0.15) is 91.7 Å². The largest absolute Gasteiger partial charge is 0.508 e. The first kappa shape index (κ1) is 53.5. The lowest BCUT2D eigenvalue weighted by Crippen LogP contribution is -2.63. The number of piperidine rings is 1. The van der Waals surface area contributed by atoms with Gasteiger partial charge in [0.1, 0.15) is 48.3 Å². The molecule has 0 saturated carbocycles. The fourth-order valence-electron chi connectivity index (χ4n) is 8.15. The molecule has 2 fully saturated rings. The molecular weight excluding hydrogens is 865 g/mol. The standard InChI is InChI=1S/C48H70N8O11/c1-26(2)22-35-44(62)50-32-16-21-39(59)56(25-32)37(24-30-12-10-9-11-13-30)47(65)55(8)36(23-31-14-17-33(57)18-15-31)45(63)53-40(27(3)4)48(66)67-29(7)41(46(64)52-35)54-43(61)34(19-20-38(49)58)51-42(60)28(5)6/h9-15,17-18,26-29,32,34-37,39-41,57,59H,16,19-25H2,1-8H3,(H2,49,58)(H,50,62)(H,51,60)(H,52,64)(H,53,63)(H,54,61)/t29-,32+,34+,35+,36+,37+,39-,40+,41+/m1/s1. The van der Waals surface area contributed by atoms with Crippen molar-refractivity contribution >= 4 is 47.3 Å². The number of carbonyl (C=O) groups is 8. The summed E-state index contributed by atoms with van der Waals surface area (Å²) in [5, 5.41) is 35.3. The third-order valence-electron chi connectivity index (χ3n) is 12.1. The number of nitrogens with one attached hydrogen (secondary N) is 5. The van der Waals surface area contributed by atoms with Crippen molar-refractivity contribution in [2.45, 2.75) is 148 Å². The highest BCUT2D eigenvalue weighted by Gasteiger charge is 2.43. The molecule has 9 N–H and O–H groups in total. The SMILES string of the molecule is CC(C)C[C@@H]1NC(=O)[C@@H](NC(=O)[C@H](CCC(N)=O)NC(=O)C(C)C)[C@@H](C)OC(=O)[C@H](C(C)C)NC(=O)[C@H](Cc2ccc(O)cc2)N(C)C(=O)[C@H](Cc2ccccc2)N2C[C@H](CC[C@H]2O)NC1=O. The van der Waals surface area contributed by atoms with Crippen molar-refractivity contribution in [2.75, 3.05) is 13.6 Å². The number of primary amides is 1. The van der Waals surface area contributed by atoms with E-state index in [4.69, 9.17) is 10.5 Å². The van der Waals surface area contributed by atoms with E-state index >= 15 is 4.79 Å². The van der Waals surface area contributed by atoms with Crippen molar-refractivity contribution < 1.29 is 53.3 Å². The van der Waals surface area contributed by atoms with Gasteiger partial charge in [-0.15, -0.1) is 0 Å². The smallest absolute Gasteiger partial charge is 0.329 e. The normalized spacial score (nSPS) is 26.3. The first-order chi connectivity index (χ1) is 31.6. The zero-order valence-corrected chi connectivity index (χ0v) is 39.8. The van der Waals surface area contributed by atoms with Gasteiger partial charge in [-0.05, 0) is 74.1 Å². The number of benzene rings is 2. The Hall–Kier alpha value is -6.08. The molecule has 2 bridgehead atoms. The molecule has 0 radical (unpaired) electrons. The number of aliphatic hydroxyl groups excluding tert-OH is 1. The first-order valence-corrected chi connectivity index (χ1v) is 23.1. The van der Waals surface area contributed by atoms with E-state index in [0.29, 0.717) is 12.0 Å². The molecule has 19 heteroatoms. The Bertz CT molecular complexity index is 2050. The van der Waals surface area contributed by atoms with Gasteiger partial charge in [0, 0.05) is 38.4 Å². The number of amides is 7. The molecule has 0 aromatic heterocycles. The lowest BCUT2D eigenvalue weighted by atomic mass is 9.95. The lowest BCUT2D eigenvalue weighted by Gasteiger charge is -2.43. The summed E-state index contributed by atoms with van der Waals surface area (Å²) in [6, 6.07) is 6.78. The van der Waals surface area contributed by atoms with Crippen molar-refractivity contribution in [3.63, 3.8) is 0 Å². The van der Waals surface area contributed by atoms with Gasteiger partial charge in [-0.3, -0.25) is 38.5 Å². The van der Waals surface area contributed by atoms with Crippen LogP contribution < -0.4 is 32.3 Å². The molecule has 10 atom stereocenters. The van der Waals surface area contributed by atoms with E-state index < -0.39 is 114 Å². The minimum atomic E-state index is -1.68. The Labute approximate surface area is 392 Å². The molecule has 368 valence electrons. The topological polar surface area (TPSA) is 279 Å². The van der Waals surface area contributed by atoms with Gasteiger partial charge in [-0.2, -0.15) is 0 Å². The Kier molecular flexibility index (Phi) is 19.7. The van der Waals surface area contributed by atoms with Gasteiger partial charge in [0.15, 0.2) is 0 Å². The van der Waals surface area contributed by atoms with Gasteiger partial charge >= 0.3 is 5.97 Å². The van der Waals surface area contributed by atoms with Crippen LogP contribution in [0.4, 0.5) is 0 Å². The Morgan fingerprint density at radius 2 is 1.45 bits per heavy atom. The van der Waals surface area contributed by atoms with Gasteiger partial charge in [-0.1, -0.05) is 84.0 Å². The highest BCUT2D eigenvalue weighted by atomic mass is 16.5. The molecule has 2 aromatic carbocycles. The fraction of sp³-hybridized carbons (Fsp3) is 0.583. The van der Waals surface area contributed by atoms with Gasteiger partial charge in [0.25, 0.3) is 0 Å². The number of hydrogen-bond acceptors (Lipinski definition) is 12. The maximum atomic E-state index is 15.0. The van der Waals surface area contributed by atoms with Crippen LogP contribution in [-0.4, -0.2) is 136 Å². The van der Waals surface area contributed by atoms with Crippen LogP contribution >= 0.6 is 0 Å². The summed E-state index contributed by atoms with van der Waals surface area (Å²) in [7, 11) is 1.47. The minimum Gasteiger partial charge on any atom is -0.508 e. The van der Waals surface area contributed by atoms with Gasteiger partial charge in [0.05, 0.1) is 6.04 Å². The van der Waals surface area contributed by atoms with Crippen LogP contribution in [0, 0.1) is 17.8 Å². The predicted molar refractivity (Wildman–Crippen MR) is 247 cm³/mol. The molecule has 0 spiro atoms. The number of likely N-dealkylation sites (N-methyl/N-ethyl adjacent to an activating group) is 1. The summed E-state index contributed by atoms with van der Waals surface area (Å²) < 4.78 is 5.90. The molecular formula is C48H70N8O11. The molecule has 2 aliphatic heterocycles.